The van der Waals surface area contributed by atoms with Gasteiger partial charge in [-0.15, -0.1) is 0 Å². The standard InChI is InChI=1S/C19H14ClN5O7/c1-10-16(17(26)18(27)21-9-11-2-4-12(20)5-3-11)19(28)23(22-10)14-7-6-13(24(29)30)8-15(14)25(31)32/h2-8,16H,9H2,1H3,(H,21,27). The average Bonchev–Trinajstić information content (AvgIpc) is 3.05. The minimum Gasteiger partial charge on any atom is -0.345 e. The lowest BCUT2D eigenvalue weighted by Gasteiger charge is -2.14. The Morgan fingerprint density at radius 2 is 1.78 bits per heavy atom. The first-order valence-corrected chi connectivity index (χ1v) is 9.36. The van der Waals surface area contributed by atoms with Crippen LogP contribution in [0.4, 0.5) is 17.1 Å². The van der Waals surface area contributed by atoms with E-state index in [-0.39, 0.29) is 17.9 Å². The van der Waals surface area contributed by atoms with Crippen molar-refractivity contribution in [3.8, 4) is 0 Å². The second kappa shape index (κ2) is 8.89. The summed E-state index contributed by atoms with van der Waals surface area (Å²) in [4.78, 5) is 58.2. The molecule has 1 aliphatic rings. The van der Waals surface area contributed by atoms with Crippen LogP contribution in [0.15, 0.2) is 47.6 Å². The summed E-state index contributed by atoms with van der Waals surface area (Å²) in [5.74, 6) is -4.67. The second-order valence-corrected chi connectivity index (χ2v) is 7.12. The van der Waals surface area contributed by atoms with Gasteiger partial charge in [0.2, 0.25) is 5.78 Å². The van der Waals surface area contributed by atoms with E-state index in [0.29, 0.717) is 21.7 Å². The Hall–Kier alpha value is -4.19. The first-order chi connectivity index (χ1) is 15.1. The van der Waals surface area contributed by atoms with Crippen molar-refractivity contribution < 1.29 is 24.2 Å². The van der Waals surface area contributed by atoms with Crippen LogP contribution >= 0.6 is 11.6 Å². The van der Waals surface area contributed by atoms with Crippen molar-refractivity contribution in [3.63, 3.8) is 0 Å². The fraction of sp³-hybridized carbons (Fsp3) is 0.158. The fourth-order valence-corrected chi connectivity index (χ4v) is 3.12. The quantitative estimate of drug-likeness (QED) is 0.287. The van der Waals surface area contributed by atoms with Crippen LogP contribution in [-0.2, 0) is 20.9 Å². The highest BCUT2D eigenvalue weighted by Crippen LogP contribution is 2.35. The molecule has 0 radical (unpaired) electrons. The molecular formula is C19H14ClN5O7. The lowest BCUT2D eigenvalue weighted by Crippen LogP contribution is -2.41. The monoisotopic (exact) mass is 459 g/mol. The molecule has 164 valence electrons. The number of anilines is 1. The van der Waals surface area contributed by atoms with E-state index in [9.17, 15) is 34.6 Å². The zero-order valence-corrected chi connectivity index (χ0v) is 17.1. The zero-order valence-electron chi connectivity index (χ0n) is 16.4. The summed E-state index contributed by atoms with van der Waals surface area (Å²) < 4.78 is 0. The molecule has 1 heterocycles. The van der Waals surface area contributed by atoms with Crippen molar-refractivity contribution in [2.24, 2.45) is 11.0 Å². The van der Waals surface area contributed by atoms with Crippen molar-refractivity contribution in [1.82, 2.24) is 5.32 Å². The maximum atomic E-state index is 12.8. The third kappa shape index (κ3) is 4.44. The van der Waals surface area contributed by atoms with Crippen LogP contribution in [-0.4, -0.2) is 33.2 Å². The van der Waals surface area contributed by atoms with E-state index in [1.165, 1.54) is 6.92 Å². The lowest BCUT2D eigenvalue weighted by molar-refractivity contribution is -0.393. The number of nitrogens with one attached hydrogen (secondary N) is 1. The van der Waals surface area contributed by atoms with Gasteiger partial charge in [-0.25, -0.2) is 0 Å². The smallest absolute Gasteiger partial charge is 0.301 e. The lowest BCUT2D eigenvalue weighted by atomic mass is 9.98. The molecule has 2 amide bonds. The Balaban J connectivity index is 1.79. The maximum absolute atomic E-state index is 12.8. The molecule has 13 heteroatoms. The van der Waals surface area contributed by atoms with E-state index in [1.54, 1.807) is 24.3 Å². The van der Waals surface area contributed by atoms with Crippen molar-refractivity contribution >= 4 is 52.0 Å². The van der Waals surface area contributed by atoms with E-state index >= 15 is 0 Å². The Kier molecular flexibility index (Phi) is 6.25. The summed E-state index contributed by atoms with van der Waals surface area (Å²) in [6, 6.07) is 9.15. The Bertz CT molecular complexity index is 1180. The van der Waals surface area contributed by atoms with Gasteiger partial charge >= 0.3 is 5.69 Å². The number of nitrogens with zero attached hydrogens (tertiary/aromatic N) is 4. The second-order valence-electron chi connectivity index (χ2n) is 6.69. The largest absolute Gasteiger partial charge is 0.345 e. The maximum Gasteiger partial charge on any atom is 0.301 e. The number of carbonyl (C=O) groups is 3. The Labute approximate surface area is 184 Å². The van der Waals surface area contributed by atoms with Gasteiger partial charge in [0, 0.05) is 17.6 Å². The normalized spacial score (nSPS) is 15.3. The number of halogens is 1. The minimum absolute atomic E-state index is 0.0103. The summed E-state index contributed by atoms with van der Waals surface area (Å²) >= 11 is 5.79. The molecule has 0 aliphatic carbocycles. The third-order valence-electron chi connectivity index (χ3n) is 4.58. The number of benzene rings is 2. The number of nitro groups is 2. The van der Waals surface area contributed by atoms with Crippen LogP contribution in [0.1, 0.15) is 12.5 Å². The molecule has 1 unspecified atom stereocenters. The molecule has 0 saturated carbocycles. The van der Waals surface area contributed by atoms with Gasteiger partial charge < -0.3 is 5.32 Å². The Morgan fingerprint density at radius 1 is 1.12 bits per heavy atom. The summed E-state index contributed by atoms with van der Waals surface area (Å²) in [5.41, 5.74) is -1.04. The number of non-ortho nitro benzene ring substituents is 1. The number of hydrogen-bond donors (Lipinski definition) is 1. The minimum atomic E-state index is -1.57. The molecule has 32 heavy (non-hydrogen) atoms. The van der Waals surface area contributed by atoms with Gasteiger partial charge in [-0.05, 0) is 30.7 Å². The van der Waals surface area contributed by atoms with E-state index in [1.807, 2.05) is 0 Å². The molecule has 3 rings (SSSR count). The third-order valence-corrected chi connectivity index (χ3v) is 4.83. The van der Waals surface area contributed by atoms with Crippen LogP contribution in [0.2, 0.25) is 5.02 Å². The molecule has 2 aromatic rings. The number of hydrazone groups is 1. The van der Waals surface area contributed by atoms with Crippen molar-refractivity contribution in [3.05, 3.63) is 73.3 Å². The molecule has 0 saturated heterocycles. The van der Waals surface area contributed by atoms with Crippen molar-refractivity contribution in [1.29, 1.82) is 0 Å². The van der Waals surface area contributed by atoms with Crippen LogP contribution < -0.4 is 10.3 Å². The number of nitro benzene ring substituents is 2. The van der Waals surface area contributed by atoms with Crippen LogP contribution in [0, 0.1) is 26.1 Å². The van der Waals surface area contributed by atoms with Crippen LogP contribution in [0.5, 0.6) is 0 Å². The highest BCUT2D eigenvalue weighted by molar-refractivity contribution is 6.47. The summed E-state index contributed by atoms with van der Waals surface area (Å²) in [6.45, 7) is 1.33. The topological polar surface area (TPSA) is 165 Å². The molecule has 0 spiro atoms. The summed E-state index contributed by atoms with van der Waals surface area (Å²) in [5, 5.41) is 29.6. The van der Waals surface area contributed by atoms with Gasteiger partial charge in [0.15, 0.2) is 0 Å². The number of amides is 2. The molecule has 0 fully saturated rings. The predicted octanol–water partition coefficient (Wildman–Crippen LogP) is 2.38. The molecule has 0 aromatic heterocycles. The van der Waals surface area contributed by atoms with E-state index < -0.39 is 44.7 Å². The number of hydrogen-bond acceptors (Lipinski definition) is 8. The molecule has 12 nitrogen and oxygen atoms in total. The van der Waals surface area contributed by atoms with Crippen LogP contribution in [0.25, 0.3) is 0 Å². The highest BCUT2D eigenvalue weighted by Gasteiger charge is 2.44. The van der Waals surface area contributed by atoms with Crippen LogP contribution in [0.3, 0.4) is 0 Å². The summed E-state index contributed by atoms with van der Waals surface area (Å²) in [7, 11) is 0. The first-order valence-electron chi connectivity index (χ1n) is 8.98. The summed E-state index contributed by atoms with van der Waals surface area (Å²) in [6.07, 6.45) is 0. The van der Waals surface area contributed by atoms with E-state index in [4.69, 9.17) is 11.6 Å². The Morgan fingerprint density at radius 3 is 2.38 bits per heavy atom. The SMILES string of the molecule is CC1=NN(c2ccc([N+](=O)[O-])cc2[N+](=O)[O-])C(=O)C1C(=O)C(=O)NCc1ccc(Cl)cc1. The van der Waals surface area contributed by atoms with Gasteiger partial charge in [-0.2, -0.15) is 10.1 Å². The molecule has 1 N–H and O–H groups in total. The van der Waals surface area contributed by atoms with E-state index in [0.717, 1.165) is 12.1 Å². The van der Waals surface area contributed by atoms with Gasteiger partial charge in [-0.1, -0.05) is 23.7 Å². The van der Waals surface area contributed by atoms with Gasteiger partial charge in [0.25, 0.3) is 17.5 Å². The number of carbonyl (C=O) groups excluding carboxylic acids is 3. The molecule has 1 atom stereocenters. The molecule has 2 aromatic carbocycles. The molecule has 0 bridgehead atoms. The average molecular weight is 460 g/mol. The van der Waals surface area contributed by atoms with Gasteiger partial charge in [-0.3, -0.25) is 34.6 Å². The van der Waals surface area contributed by atoms with E-state index in [2.05, 4.69) is 10.4 Å². The zero-order chi connectivity index (χ0) is 23.6. The number of ketones is 1. The van der Waals surface area contributed by atoms with Gasteiger partial charge in [0.1, 0.15) is 11.6 Å². The first kappa shape index (κ1) is 22.5. The molecular weight excluding hydrogens is 446 g/mol. The predicted molar refractivity (Wildman–Crippen MR) is 112 cm³/mol. The number of Topliss-reactive ketones (excluding diaryl/α,β-unsaturated/α-hetero) is 1. The van der Waals surface area contributed by atoms with Crippen molar-refractivity contribution in [2.75, 3.05) is 5.01 Å². The highest BCUT2D eigenvalue weighted by atomic mass is 35.5. The van der Waals surface area contributed by atoms with Crippen molar-refractivity contribution in [2.45, 2.75) is 13.5 Å². The number of rotatable bonds is 7. The fourth-order valence-electron chi connectivity index (χ4n) is 2.99. The molecule has 1 aliphatic heterocycles. The van der Waals surface area contributed by atoms with Gasteiger partial charge in [0.05, 0.1) is 21.6 Å².